The zero-order valence-electron chi connectivity index (χ0n) is 10.2. The van der Waals surface area contributed by atoms with E-state index in [1.807, 2.05) is 0 Å². The van der Waals surface area contributed by atoms with E-state index < -0.39 is 5.92 Å². The molecule has 0 aromatic carbocycles. The molecule has 96 valence electrons. The van der Waals surface area contributed by atoms with Crippen molar-refractivity contribution >= 4 is 35.8 Å². The lowest BCUT2D eigenvalue weighted by molar-refractivity contribution is -0.407. The van der Waals surface area contributed by atoms with Gasteiger partial charge >= 0.3 is 11.9 Å². The van der Waals surface area contributed by atoms with Gasteiger partial charge in [-0.3, -0.25) is 4.79 Å². The molecule has 2 rings (SSSR count). The fourth-order valence-corrected chi connectivity index (χ4v) is 2.76. The van der Waals surface area contributed by atoms with Gasteiger partial charge in [-0.1, -0.05) is 0 Å². The molecule has 18 heavy (non-hydrogen) atoms. The molecule has 1 N–H and O–H groups in total. The zero-order chi connectivity index (χ0) is 13.3. The number of amidine groups is 1. The lowest BCUT2D eigenvalue weighted by Gasteiger charge is -2.26. The molecule has 1 atom stereocenters. The Morgan fingerprint density at radius 3 is 2.94 bits per heavy atom. The minimum Gasteiger partial charge on any atom is -0.396 e. The number of fused-ring (bicyclic) bond motifs is 1. The molecule has 7 heteroatoms. The van der Waals surface area contributed by atoms with Crippen LogP contribution in [0, 0.1) is 5.92 Å². The van der Waals surface area contributed by atoms with Gasteiger partial charge < -0.3 is 5.11 Å². The maximum absolute atomic E-state index is 12.2. The van der Waals surface area contributed by atoms with E-state index in [-0.39, 0.29) is 18.5 Å². The summed E-state index contributed by atoms with van der Waals surface area (Å²) in [6, 6.07) is -0.378. The molecule has 0 aromatic rings. The molecule has 0 radical (unpaired) electrons. The monoisotopic (exact) mass is 268 g/mol. The average molecular weight is 268 g/mol. The molecule has 2 aliphatic heterocycles. The third-order valence-electron chi connectivity index (χ3n) is 2.84. The number of thioether (sulfide) groups is 1. The van der Waals surface area contributed by atoms with E-state index >= 15 is 0 Å². The normalized spacial score (nSPS) is 23.4. The smallest absolute Gasteiger partial charge is 0.396 e. The van der Waals surface area contributed by atoms with Gasteiger partial charge in [0.1, 0.15) is 6.21 Å². The summed E-state index contributed by atoms with van der Waals surface area (Å²) in [5.41, 5.74) is 0. The second-order valence-corrected chi connectivity index (χ2v) is 5.12. The number of aliphatic hydroxyl groups is 1. The number of imide groups is 1. The van der Waals surface area contributed by atoms with Crippen molar-refractivity contribution in [1.82, 2.24) is 4.90 Å². The first-order valence-electron chi connectivity index (χ1n) is 5.48. The third-order valence-corrected chi connectivity index (χ3v) is 3.94. The van der Waals surface area contributed by atoms with Crippen LogP contribution in [0.5, 0.6) is 0 Å². The highest BCUT2D eigenvalue weighted by atomic mass is 32.2. The fraction of sp³-hybridized carbons (Fsp3) is 0.455. The highest BCUT2D eigenvalue weighted by Gasteiger charge is 2.46. The largest absolute Gasteiger partial charge is 0.445 e. The van der Waals surface area contributed by atoms with Crippen molar-refractivity contribution in [2.24, 2.45) is 10.9 Å². The number of dihydropyridines is 1. The van der Waals surface area contributed by atoms with Crippen LogP contribution in [0.15, 0.2) is 16.0 Å². The molecule has 0 aromatic heterocycles. The summed E-state index contributed by atoms with van der Waals surface area (Å²) in [5, 5.41) is 8.86. The highest BCUT2D eigenvalue weighted by Crippen LogP contribution is 2.31. The number of nitrogens with zero attached hydrogens (tertiary/aromatic N) is 3. The third kappa shape index (κ3) is 1.99. The van der Waals surface area contributed by atoms with Gasteiger partial charge in [-0.05, 0) is 6.08 Å². The van der Waals surface area contributed by atoms with E-state index in [1.165, 1.54) is 23.4 Å². The Hall–Kier alpha value is -1.47. The molecule has 0 saturated heterocycles. The van der Waals surface area contributed by atoms with Gasteiger partial charge in [0.2, 0.25) is 0 Å². The first-order chi connectivity index (χ1) is 8.57. The van der Waals surface area contributed by atoms with Gasteiger partial charge in [0.15, 0.2) is 5.92 Å². The van der Waals surface area contributed by atoms with Gasteiger partial charge in [0.05, 0.1) is 20.7 Å². The summed E-state index contributed by atoms with van der Waals surface area (Å²) in [4.78, 5) is 30.0. The molecule has 1 unspecified atom stereocenters. The van der Waals surface area contributed by atoms with Crippen LogP contribution < -0.4 is 0 Å². The first-order valence-corrected chi connectivity index (χ1v) is 6.46. The molecule has 3 amide bonds. The second-order valence-electron chi connectivity index (χ2n) is 3.95. The van der Waals surface area contributed by atoms with Crippen molar-refractivity contribution in [3.8, 4) is 0 Å². The van der Waals surface area contributed by atoms with Crippen LogP contribution in [0.1, 0.15) is 0 Å². The molecule has 0 saturated carbocycles. The first kappa shape index (κ1) is 13.0. The molecule has 6 nitrogen and oxygen atoms in total. The van der Waals surface area contributed by atoms with Crippen LogP contribution in [0.4, 0.5) is 4.79 Å². The minimum atomic E-state index is -0.528. The Kier molecular flexibility index (Phi) is 3.63. The van der Waals surface area contributed by atoms with Crippen LogP contribution in [0.2, 0.25) is 0 Å². The number of carbonyl (C=O) groups excluding carboxylic acids is 2. The Morgan fingerprint density at radius 1 is 1.56 bits per heavy atom. The molecule has 2 heterocycles. The number of rotatable bonds is 3. The van der Waals surface area contributed by atoms with Crippen molar-refractivity contribution in [3.05, 3.63) is 11.0 Å². The van der Waals surface area contributed by atoms with Crippen LogP contribution in [-0.4, -0.2) is 65.0 Å². The predicted molar refractivity (Wildman–Crippen MR) is 69.0 cm³/mol. The number of hydrogen-bond donors (Lipinski definition) is 1. The molecule has 0 bridgehead atoms. The molecular weight excluding hydrogens is 254 g/mol. The topological polar surface area (TPSA) is 73.0 Å². The zero-order valence-corrected chi connectivity index (χ0v) is 11.0. The van der Waals surface area contributed by atoms with E-state index in [9.17, 15) is 9.59 Å². The minimum absolute atomic E-state index is 0.0417. The van der Waals surface area contributed by atoms with Gasteiger partial charge in [-0.15, -0.1) is 16.8 Å². The van der Waals surface area contributed by atoms with Gasteiger partial charge in [0, 0.05) is 10.7 Å². The molecule has 0 aliphatic carbocycles. The highest BCUT2D eigenvalue weighted by molar-refractivity contribution is 8.03. The number of urea groups is 1. The van der Waals surface area contributed by atoms with Crippen molar-refractivity contribution in [2.45, 2.75) is 0 Å². The van der Waals surface area contributed by atoms with Crippen LogP contribution in [-0.2, 0) is 4.79 Å². The Balaban J connectivity index is 2.40. The molecular formula is C11H14N3O3S+. The maximum Gasteiger partial charge on any atom is 0.445 e. The number of carbonyl (C=O) groups is 2. The summed E-state index contributed by atoms with van der Waals surface area (Å²) in [5.74, 6) is 0.157. The fourth-order valence-electron chi connectivity index (χ4n) is 1.90. The summed E-state index contributed by atoms with van der Waals surface area (Å²) >= 11 is 1.41. The summed E-state index contributed by atoms with van der Waals surface area (Å²) in [7, 11) is 3.06. The van der Waals surface area contributed by atoms with E-state index in [1.54, 1.807) is 19.3 Å². The summed E-state index contributed by atoms with van der Waals surface area (Å²) < 4.78 is 1.38. The SMILES string of the molecule is CN1C(=O)C2C(SCCO)=CC=NC2=[N+](C)C1=O. The van der Waals surface area contributed by atoms with E-state index in [0.717, 1.165) is 9.81 Å². The summed E-state index contributed by atoms with van der Waals surface area (Å²) in [6.45, 7) is 0.0417. The van der Waals surface area contributed by atoms with Crippen molar-refractivity contribution in [1.29, 1.82) is 0 Å². The number of amides is 3. The van der Waals surface area contributed by atoms with Crippen molar-refractivity contribution in [2.75, 3.05) is 26.5 Å². The summed E-state index contributed by atoms with van der Waals surface area (Å²) in [6.07, 6.45) is 3.33. The van der Waals surface area contributed by atoms with Crippen LogP contribution in [0.3, 0.4) is 0 Å². The van der Waals surface area contributed by atoms with E-state index in [2.05, 4.69) is 4.99 Å². The maximum atomic E-state index is 12.2. The quantitative estimate of drug-likeness (QED) is 0.727. The molecule has 0 spiro atoms. The lowest BCUT2D eigenvalue weighted by atomic mass is 10.0. The number of aliphatic hydroxyl groups excluding tert-OH is 1. The van der Waals surface area contributed by atoms with Gasteiger partial charge in [-0.25, -0.2) is 4.79 Å². The van der Waals surface area contributed by atoms with Gasteiger partial charge in [-0.2, -0.15) is 9.48 Å². The van der Waals surface area contributed by atoms with E-state index in [4.69, 9.17) is 5.11 Å². The average Bonchev–Trinajstić information content (AvgIpc) is 2.40. The Morgan fingerprint density at radius 2 is 2.28 bits per heavy atom. The van der Waals surface area contributed by atoms with Crippen molar-refractivity contribution in [3.63, 3.8) is 0 Å². The molecule has 2 aliphatic rings. The number of hydrogen-bond acceptors (Lipinski definition) is 5. The van der Waals surface area contributed by atoms with Gasteiger partial charge in [0.25, 0.3) is 5.84 Å². The van der Waals surface area contributed by atoms with Crippen LogP contribution in [0.25, 0.3) is 0 Å². The standard InChI is InChI=1S/C11H14N3O3S/c1-13-9-8(10(16)14(2)11(13)17)7(3-4-12-9)18-6-5-15/h3-4,8,15H,5-6H2,1-2H3/q+1. The Bertz CT molecular complexity index is 496. The Labute approximate surface area is 109 Å². The number of allylic oxidation sites excluding steroid dienone is 1. The predicted octanol–water partition coefficient (Wildman–Crippen LogP) is -0.0708. The van der Waals surface area contributed by atoms with Crippen molar-refractivity contribution < 1.29 is 19.3 Å². The second kappa shape index (κ2) is 5.03. The lowest BCUT2D eigenvalue weighted by Crippen LogP contribution is -2.52. The number of aliphatic imine (C=N–C) groups is 1. The van der Waals surface area contributed by atoms with E-state index in [0.29, 0.717) is 11.6 Å². The molecule has 0 fully saturated rings. The van der Waals surface area contributed by atoms with Crippen LogP contribution >= 0.6 is 11.8 Å².